The van der Waals surface area contributed by atoms with Gasteiger partial charge in [0, 0.05) is 12.6 Å². The molecule has 3 nitrogen and oxygen atoms in total. The zero-order chi connectivity index (χ0) is 12.7. The third-order valence-electron chi connectivity index (χ3n) is 2.49. The average molecular weight is 233 g/mol. The molecule has 0 radical (unpaired) electrons. The number of carbonyl (C=O) groups is 1. The summed E-state index contributed by atoms with van der Waals surface area (Å²) in [6, 6.07) is 7.91. The van der Waals surface area contributed by atoms with Crippen LogP contribution >= 0.6 is 0 Å². The quantitative estimate of drug-likeness (QED) is 0.628. The second-order valence-electron chi connectivity index (χ2n) is 3.68. The standard InChI is InChI=1S/C14H19NO2/c1-3-12(9-14(16)17-4-2)13-7-5-6-11(8-13)10-15/h5-9H,3-4,10,15H2,1-2H3/b12-9+. The molecule has 92 valence electrons. The van der Waals surface area contributed by atoms with Crippen LogP contribution in [-0.4, -0.2) is 12.6 Å². The Morgan fingerprint density at radius 2 is 2.18 bits per heavy atom. The van der Waals surface area contributed by atoms with Gasteiger partial charge in [-0.05, 0) is 30.0 Å². The van der Waals surface area contributed by atoms with Crippen LogP contribution in [0, 0.1) is 0 Å². The lowest BCUT2D eigenvalue weighted by Gasteiger charge is -2.07. The van der Waals surface area contributed by atoms with E-state index in [2.05, 4.69) is 0 Å². The van der Waals surface area contributed by atoms with Crippen molar-refractivity contribution in [3.63, 3.8) is 0 Å². The number of esters is 1. The van der Waals surface area contributed by atoms with Crippen molar-refractivity contribution in [3.05, 3.63) is 41.5 Å². The van der Waals surface area contributed by atoms with Crippen LogP contribution < -0.4 is 5.73 Å². The van der Waals surface area contributed by atoms with E-state index in [9.17, 15) is 4.79 Å². The van der Waals surface area contributed by atoms with Crippen molar-refractivity contribution in [2.45, 2.75) is 26.8 Å². The number of hydrogen-bond acceptors (Lipinski definition) is 3. The van der Waals surface area contributed by atoms with Gasteiger partial charge in [0.05, 0.1) is 6.61 Å². The van der Waals surface area contributed by atoms with Crippen LogP contribution in [0.1, 0.15) is 31.4 Å². The van der Waals surface area contributed by atoms with Crippen LogP contribution in [0.15, 0.2) is 30.3 Å². The van der Waals surface area contributed by atoms with E-state index >= 15 is 0 Å². The Morgan fingerprint density at radius 3 is 2.76 bits per heavy atom. The minimum Gasteiger partial charge on any atom is -0.463 e. The maximum atomic E-state index is 11.4. The third-order valence-corrected chi connectivity index (χ3v) is 2.49. The van der Waals surface area contributed by atoms with Gasteiger partial charge in [-0.1, -0.05) is 31.2 Å². The first kappa shape index (κ1) is 13.5. The van der Waals surface area contributed by atoms with E-state index in [-0.39, 0.29) is 5.97 Å². The molecule has 0 aliphatic rings. The van der Waals surface area contributed by atoms with Gasteiger partial charge in [0.15, 0.2) is 0 Å². The first-order valence-electron chi connectivity index (χ1n) is 5.88. The smallest absolute Gasteiger partial charge is 0.331 e. The van der Waals surface area contributed by atoms with Crippen molar-refractivity contribution in [1.82, 2.24) is 0 Å². The maximum Gasteiger partial charge on any atom is 0.331 e. The highest BCUT2D eigenvalue weighted by atomic mass is 16.5. The van der Waals surface area contributed by atoms with Crippen LogP contribution in [0.25, 0.3) is 5.57 Å². The summed E-state index contributed by atoms with van der Waals surface area (Å²) in [4.78, 5) is 11.4. The van der Waals surface area contributed by atoms with Gasteiger partial charge >= 0.3 is 5.97 Å². The summed E-state index contributed by atoms with van der Waals surface area (Å²) in [5, 5.41) is 0. The summed E-state index contributed by atoms with van der Waals surface area (Å²) in [5.41, 5.74) is 8.66. The summed E-state index contributed by atoms with van der Waals surface area (Å²) < 4.78 is 4.91. The summed E-state index contributed by atoms with van der Waals surface area (Å²) in [7, 11) is 0. The highest BCUT2D eigenvalue weighted by Crippen LogP contribution is 2.19. The number of rotatable bonds is 5. The second kappa shape index (κ2) is 6.86. The second-order valence-corrected chi connectivity index (χ2v) is 3.68. The fraction of sp³-hybridized carbons (Fsp3) is 0.357. The molecular formula is C14H19NO2. The van der Waals surface area contributed by atoms with Gasteiger partial charge in [0.1, 0.15) is 0 Å². The summed E-state index contributed by atoms with van der Waals surface area (Å²) in [5.74, 6) is -0.289. The molecule has 2 N–H and O–H groups in total. The molecule has 0 aliphatic carbocycles. The number of nitrogens with two attached hydrogens (primary N) is 1. The molecule has 0 amide bonds. The van der Waals surface area contributed by atoms with Crippen molar-refractivity contribution >= 4 is 11.5 Å². The average Bonchev–Trinajstić information content (AvgIpc) is 2.36. The van der Waals surface area contributed by atoms with E-state index in [4.69, 9.17) is 10.5 Å². The van der Waals surface area contributed by atoms with Crippen LogP contribution in [0.5, 0.6) is 0 Å². The molecule has 1 aromatic carbocycles. The predicted octanol–water partition coefficient (Wildman–Crippen LogP) is 2.50. The Hall–Kier alpha value is -1.61. The van der Waals surface area contributed by atoms with Gasteiger partial charge in [0.25, 0.3) is 0 Å². The Bertz CT molecular complexity index is 410. The molecule has 0 atom stereocenters. The first-order valence-corrected chi connectivity index (χ1v) is 5.88. The molecule has 0 fully saturated rings. The first-order chi connectivity index (χ1) is 8.21. The summed E-state index contributed by atoms with van der Waals surface area (Å²) >= 11 is 0. The molecule has 0 aliphatic heterocycles. The van der Waals surface area contributed by atoms with Crippen LogP contribution in [-0.2, 0) is 16.1 Å². The molecule has 0 bridgehead atoms. The largest absolute Gasteiger partial charge is 0.463 e. The van der Waals surface area contributed by atoms with Crippen molar-refractivity contribution in [2.24, 2.45) is 5.73 Å². The number of ether oxygens (including phenoxy) is 1. The topological polar surface area (TPSA) is 52.3 Å². The van der Waals surface area contributed by atoms with E-state index in [0.717, 1.165) is 23.1 Å². The number of hydrogen-bond donors (Lipinski definition) is 1. The van der Waals surface area contributed by atoms with Crippen LogP contribution in [0.4, 0.5) is 0 Å². The van der Waals surface area contributed by atoms with Crippen LogP contribution in [0.3, 0.4) is 0 Å². The molecular weight excluding hydrogens is 214 g/mol. The molecule has 1 rings (SSSR count). The predicted molar refractivity (Wildman–Crippen MR) is 69.2 cm³/mol. The lowest BCUT2D eigenvalue weighted by molar-refractivity contribution is -0.137. The Morgan fingerprint density at radius 1 is 1.41 bits per heavy atom. The monoisotopic (exact) mass is 233 g/mol. The van der Waals surface area contributed by atoms with E-state index < -0.39 is 0 Å². The van der Waals surface area contributed by atoms with Gasteiger partial charge in [0.2, 0.25) is 0 Å². The van der Waals surface area contributed by atoms with E-state index in [0.29, 0.717) is 13.2 Å². The molecule has 17 heavy (non-hydrogen) atoms. The van der Waals surface area contributed by atoms with Crippen molar-refractivity contribution < 1.29 is 9.53 Å². The Kier molecular flexibility index (Phi) is 5.43. The van der Waals surface area contributed by atoms with Gasteiger partial charge in [-0.25, -0.2) is 4.79 Å². The molecule has 0 unspecified atom stereocenters. The molecule has 0 saturated carbocycles. The molecule has 0 saturated heterocycles. The lowest BCUT2D eigenvalue weighted by atomic mass is 10.0. The minimum absolute atomic E-state index is 0.289. The SMILES string of the molecule is CCOC(=O)/C=C(\CC)c1cccc(CN)c1. The van der Waals surface area contributed by atoms with Crippen LogP contribution in [0.2, 0.25) is 0 Å². The molecule has 0 aromatic heterocycles. The number of allylic oxidation sites excluding steroid dienone is 1. The zero-order valence-electron chi connectivity index (χ0n) is 10.4. The lowest BCUT2D eigenvalue weighted by Crippen LogP contribution is -2.01. The fourth-order valence-electron chi connectivity index (χ4n) is 1.61. The number of carbonyl (C=O) groups excluding carboxylic acids is 1. The number of benzene rings is 1. The Balaban J connectivity index is 2.96. The summed E-state index contributed by atoms with van der Waals surface area (Å²) in [6.45, 7) is 4.71. The molecule has 0 heterocycles. The highest BCUT2D eigenvalue weighted by molar-refractivity contribution is 5.91. The Labute approximate surface area is 102 Å². The van der Waals surface area contributed by atoms with Gasteiger partial charge in [-0.2, -0.15) is 0 Å². The van der Waals surface area contributed by atoms with Crippen molar-refractivity contribution in [3.8, 4) is 0 Å². The van der Waals surface area contributed by atoms with Crippen molar-refractivity contribution in [1.29, 1.82) is 0 Å². The highest BCUT2D eigenvalue weighted by Gasteiger charge is 2.04. The van der Waals surface area contributed by atoms with E-state index in [1.54, 1.807) is 13.0 Å². The van der Waals surface area contributed by atoms with Gasteiger partial charge < -0.3 is 10.5 Å². The normalized spacial score (nSPS) is 11.4. The van der Waals surface area contributed by atoms with Crippen molar-refractivity contribution in [2.75, 3.05) is 6.61 Å². The maximum absolute atomic E-state index is 11.4. The molecule has 1 aromatic rings. The fourth-order valence-corrected chi connectivity index (χ4v) is 1.61. The van der Waals surface area contributed by atoms with E-state index in [1.165, 1.54) is 0 Å². The van der Waals surface area contributed by atoms with Gasteiger partial charge in [-0.15, -0.1) is 0 Å². The third kappa shape index (κ3) is 4.04. The zero-order valence-corrected chi connectivity index (χ0v) is 10.4. The molecule has 3 heteroatoms. The van der Waals surface area contributed by atoms with Gasteiger partial charge in [-0.3, -0.25) is 0 Å². The minimum atomic E-state index is -0.289. The molecule has 0 spiro atoms. The van der Waals surface area contributed by atoms with E-state index in [1.807, 2.05) is 31.2 Å². The summed E-state index contributed by atoms with van der Waals surface area (Å²) in [6.07, 6.45) is 2.34.